The number of nitrogens with one attached hydrogen (secondary N) is 2. The van der Waals surface area contributed by atoms with Crippen molar-refractivity contribution in [2.75, 3.05) is 32.5 Å². The Bertz CT molecular complexity index is 413. The molecule has 18 heavy (non-hydrogen) atoms. The summed E-state index contributed by atoms with van der Waals surface area (Å²) in [4.78, 5) is 18.5. The molecule has 2 heterocycles. The number of carbonyl (C=O) groups excluding carboxylic acids is 1. The number of hydrogen-bond acceptors (Lipinski definition) is 4. The number of pyridine rings is 1. The number of carbonyl (C=O) groups is 1. The van der Waals surface area contributed by atoms with Crippen molar-refractivity contribution in [3.8, 4) is 0 Å². The Morgan fingerprint density at radius 1 is 1.44 bits per heavy atom. The lowest BCUT2D eigenvalue weighted by atomic mass is 10.0. The molecule has 1 aliphatic heterocycles. The summed E-state index contributed by atoms with van der Waals surface area (Å²) in [5.74, 6) is -0.0398. The van der Waals surface area contributed by atoms with Gasteiger partial charge in [-0.3, -0.25) is 9.78 Å². The monoisotopic (exact) mass is 248 g/mol. The molecule has 2 rings (SSSR count). The van der Waals surface area contributed by atoms with Crippen LogP contribution in [0.15, 0.2) is 18.5 Å². The summed E-state index contributed by atoms with van der Waals surface area (Å²) in [6.07, 6.45) is 5.31. The van der Waals surface area contributed by atoms with Crippen LogP contribution in [0.3, 0.4) is 0 Å². The predicted molar refractivity (Wildman–Crippen MR) is 71.8 cm³/mol. The zero-order valence-electron chi connectivity index (χ0n) is 10.9. The summed E-state index contributed by atoms with van der Waals surface area (Å²) in [5, 5.41) is 6.10. The Labute approximate surface area is 108 Å². The van der Waals surface area contributed by atoms with Crippen LogP contribution >= 0.6 is 0 Å². The van der Waals surface area contributed by atoms with E-state index in [0.717, 1.165) is 31.6 Å². The number of amides is 1. The molecule has 0 atom stereocenters. The van der Waals surface area contributed by atoms with Gasteiger partial charge in [-0.25, -0.2) is 0 Å². The van der Waals surface area contributed by atoms with Gasteiger partial charge in [-0.1, -0.05) is 0 Å². The van der Waals surface area contributed by atoms with Gasteiger partial charge in [-0.05, 0) is 39.0 Å². The first-order valence-corrected chi connectivity index (χ1v) is 6.32. The normalized spacial score (nSPS) is 17.4. The smallest absolute Gasteiger partial charge is 0.255 e. The molecule has 5 nitrogen and oxygen atoms in total. The van der Waals surface area contributed by atoms with Gasteiger partial charge in [0.1, 0.15) is 0 Å². The highest BCUT2D eigenvalue weighted by Crippen LogP contribution is 2.14. The molecule has 98 valence electrons. The van der Waals surface area contributed by atoms with Crippen LogP contribution in [-0.4, -0.2) is 49.0 Å². The van der Waals surface area contributed by atoms with Gasteiger partial charge in [0.05, 0.1) is 5.56 Å². The zero-order valence-corrected chi connectivity index (χ0v) is 10.9. The van der Waals surface area contributed by atoms with E-state index in [2.05, 4.69) is 27.6 Å². The first-order chi connectivity index (χ1) is 8.70. The molecular formula is C13H20N4O. The highest BCUT2D eigenvalue weighted by atomic mass is 16.1. The molecule has 1 aromatic rings. The van der Waals surface area contributed by atoms with E-state index < -0.39 is 0 Å². The quantitative estimate of drug-likeness (QED) is 0.836. The van der Waals surface area contributed by atoms with Crippen LogP contribution in [0.25, 0.3) is 0 Å². The molecule has 1 fully saturated rings. The maximum atomic E-state index is 12.2. The number of aromatic nitrogens is 1. The summed E-state index contributed by atoms with van der Waals surface area (Å²) >= 11 is 0. The topological polar surface area (TPSA) is 57.3 Å². The first kappa shape index (κ1) is 12.8. The molecule has 5 heteroatoms. The molecule has 1 saturated heterocycles. The van der Waals surface area contributed by atoms with E-state index in [-0.39, 0.29) is 11.9 Å². The van der Waals surface area contributed by atoms with Gasteiger partial charge >= 0.3 is 0 Å². The summed E-state index contributed by atoms with van der Waals surface area (Å²) in [6.45, 7) is 2.08. The van der Waals surface area contributed by atoms with Gasteiger partial charge in [-0.2, -0.15) is 0 Å². The Morgan fingerprint density at radius 3 is 2.83 bits per heavy atom. The van der Waals surface area contributed by atoms with E-state index in [1.165, 1.54) is 0 Å². The van der Waals surface area contributed by atoms with Crippen molar-refractivity contribution >= 4 is 11.6 Å². The molecule has 0 radical (unpaired) electrons. The fourth-order valence-electron chi connectivity index (χ4n) is 2.21. The van der Waals surface area contributed by atoms with Crippen molar-refractivity contribution in [1.82, 2.24) is 15.2 Å². The van der Waals surface area contributed by atoms with Crippen molar-refractivity contribution in [3.63, 3.8) is 0 Å². The Kier molecular flexibility index (Phi) is 4.15. The molecular weight excluding hydrogens is 228 g/mol. The number of likely N-dealkylation sites (tertiary alicyclic amines) is 1. The van der Waals surface area contributed by atoms with E-state index >= 15 is 0 Å². The highest BCUT2D eigenvalue weighted by Gasteiger charge is 2.20. The molecule has 1 aliphatic rings. The third-order valence-electron chi connectivity index (χ3n) is 3.39. The van der Waals surface area contributed by atoms with Crippen molar-refractivity contribution in [2.24, 2.45) is 0 Å². The van der Waals surface area contributed by atoms with Crippen LogP contribution in [0, 0.1) is 0 Å². The number of anilines is 1. The van der Waals surface area contributed by atoms with Gasteiger partial charge < -0.3 is 15.5 Å². The maximum absolute atomic E-state index is 12.2. The van der Waals surface area contributed by atoms with Crippen LogP contribution in [0.4, 0.5) is 5.69 Å². The minimum atomic E-state index is -0.0398. The van der Waals surface area contributed by atoms with Crippen LogP contribution in [0.5, 0.6) is 0 Å². The lowest BCUT2D eigenvalue weighted by Gasteiger charge is -2.29. The van der Waals surface area contributed by atoms with Crippen LogP contribution in [0.1, 0.15) is 23.2 Å². The molecule has 1 aromatic heterocycles. The summed E-state index contributed by atoms with van der Waals surface area (Å²) in [7, 11) is 3.92. The molecule has 2 N–H and O–H groups in total. The predicted octanol–water partition coefficient (Wildman–Crippen LogP) is 0.947. The molecule has 0 spiro atoms. The summed E-state index contributed by atoms with van der Waals surface area (Å²) < 4.78 is 0. The third-order valence-corrected chi connectivity index (χ3v) is 3.39. The van der Waals surface area contributed by atoms with Gasteiger partial charge in [0.2, 0.25) is 0 Å². The fourth-order valence-corrected chi connectivity index (χ4v) is 2.21. The molecule has 0 aromatic carbocycles. The number of nitrogens with zero attached hydrogens (tertiary/aromatic N) is 2. The Hall–Kier alpha value is -1.62. The number of hydrogen-bond donors (Lipinski definition) is 2. The van der Waals surface area contributed by atoms with E-state index in [4.69, 9.17) is 0 Å². The van der Waals surface area contributed by atoms with Crippen molar-refractivity contribution in [2.45, 2.75) is 18.9 Å². The summed E-state index contributed by atoms with van der Waals surface area (Å²) in [5.41, 5.74) is 1.43. The van der Waals surface area contributed by atoms with Gasteiger partial charge in [0.15, 0.2) is 0 Å². The molecule has 0 aliphatic carbocycles. The fraction of sp³-hybridized carbons (Fsp3) is 0.538. The standard InChI is InChI=1S/C13H20N4O/c1-14-12-3-6-15-9-11(12)13(18)16-10-4-7-17(2)8-5-10/h3,6,9-10H,4-5,7-8H2,1-2H3,(H,14,15)(H,16,18). The number of piperidine rings is 1. The molecule has 0 bridgehead atoms. The zero-order chi connectivity index (χ0) is 13.0. The minimum Gasteiger partial charge on any atom is -0.387 e. The van der Waals surface area contributed by atoms with E-state index in [9.17, 15) is 4.79 Å². The van der Waals surface area contributed by atoms with Crippen molar-refractivity contribution in [1.29, 1.82) is 0 Å². The third kappa shape index (κ3) is 2.98. The van der Waals surface area contributed by atoms with Crippen molar-refractivity contribution < 1.29 is 4.79 Å². The second-order valence-corrected chi connectivity index (χ2v) is 4.72. The maximum Gasteiger partial charge on any atom is 0.255 e. The molecule has 0 saturated carbocycles. The molecule has 0 unspecified atom stereocenters. The molecule has 1 amide bonds. The van der Waals surface area contributed by atoms with Crippen LogP contribution in [-0.2, 0) is 0 Å². The summed E-state index contributed by atoms with van der Waals surface area (Å²) in [6, 6.07) is 2.09. The second kappa shape index (κ2) is 5.82. The average Bonchev–Trinajstić information content (AvgIpc) is 2.41. The van der Waals surface area contributed by atoms with E-state index in [1.54, 1.807) is 12.4 Å². The van der Waals surface area contributed by atoms with E-state index in [1.807, 2.05) is 13.1 Å². The van der Waals surface area contributed by atoms with E-state index in [0.29, 0.717) is 5.56 Å². The first-order valence-electron chi connectivity index (χ1n) is 6.32. The lowest BCUT2D eigenvalue weighted by molar-refractivity contribution is 0.0917. The highest BCUT2D eigenvalue weighted by molar-refractivity contribution is 5.99. The Morgan fingerprint density at radius 2 is 2.17 bits per heavy atom. The average molecular weight is 248 g/mol. The lowest BCUT2D eigenvalue weighted by Crippen LogP contribution is -2.43. The SMILES string of the molecule is CNc1ccncc1C(=O)NC1CCN(C)CC1. The second-order valence-electron chi connectivity index (χ2n) is 4.72. The van der Waals surface area contributed by atoms with Crippen molar-refractivity contribution in [3.05, 3.63) is 24.0 Å². The number of rotatable bonds is 3. The van der Waals surface area contributed by atoms with Gasteiger partial charge in [0.25, 0.3) is 5.91 Å². The minimum absolute atomic E-state index is 0.0398. The van der Waals surface area contributed by atoms with Crippen LogP contribution < -0.4 is 10.6 Å². The van der Waals surface area contributed by atoms with Gasteiger partial charge in [0, 0.05) is 31.2 Å². The largest absolute Gasteiger partial charge is 0.387 e. The van der Waals surface area contributed by atoms with Crippen LogP contribution in [0.2, 0.25) is 0 Å². The van der Waals surface area contributed by atoms with Gasteiger partial charge in [-0.15, -0.1) is 0 Å². The Balaban J connectivity index is 1.99.